The van der Waals surface area contributed by atoms with Gasteiger partial charge in [0.05, 0.1) is 12.2 Å². The Morgan fingerprint density at radius 1 is 1.04 bits per heavy atom. The summed E-state index contributed by atoms with van der Waals surface area (Å²) in [6.45, 7) is 3.93. The van der Waals surface area contributed by atoms with E-state index in [0.717, 1.165) is 35.8 Å². The van der Waals surface area contributed by atoms with Crippen molar-refractivity contribution < 1.29 is 9.59 Å². The van der Waals surface area contributed by atoms with Crippen LogP contribution in [-0.4, -0.2) is 41.2 Å². The molecule has 2 N–H and O–H groups in total. The first-order chi connectivity index (χ1) is 13.6. The topological polar surface area (TPSA) is 65.2 Å². The van der Waals surface area contributed by atoms with Crippen LogP contribution in [-0.2, 0) is 4.79 Å². The van der Waals surface area contributed by atoms with Crippen LogP contribution >= 0.6 is 0 Å². The van der Waals surface area contributed by atoms with Crippen LogP contribution in [0.4, 0.5) is 5.69 Å². The van der Waals surface area contributed by atoms with E-state index in [1.54, 1.807) is 0 Å². The minimum atomic E-state index is -0.0696. The Balaban J connectivity index is 1.36. The second-order valence-electron chi connectivity index (χ2n) is 8.54. The Morgan fingerprint density at radius 3 is 2.43 bits per heavy atom. The number of H-pyrrole nitrogens is 1. The number of hydrogen-bond acceptors (Lipinski definition) is 3. The number of benzene rings is 1. The third kappa shape index (κ3) is 4.14. The van der Waals surface area contributed by atoms with Gasteiger partial charge in [-0.25, -0.2) is 0 Å². The van der Waals surface area contributed by atoms with Crippen LogP contribution in [0.2, 0.25) is 0 Å². The zero-order valence-electron chi connectivity index (χ0n) is 16.8. The normalized spacial score (nSPS) is 19.8. The third-order valence-corrected chi connectivity index (χ3v) is 6.64. The molecule has 1 amide bonds. The number of ketones is 1. The Bertz CT molecular complexity index is 843. The van der Waals surface area contributed by atoms with E-state index < -0.39 is 0 Å². The van der Waals surface area contributed by atoms with Gasteiger partial charge in [-0.3, -0.25) is 14.5 Å². The second kappa shape index (κ2) is 8.48. The molecule has 28 heavy (non-hydrogen) atoms. The largest absolute Gasteiger partial charge is 0.350 e. The van der Waals surface area contributed by atoms with Crippen LogP contribution in [0.1, 0.15) is 62.4 Å². The summed E-state index contributed by atoms with van der Waals surface area (Å²) in [5.74, 6) is 1.65. The highest BCUT2D eigenvalue weighted by molar-refractivity contribution is 6.12. The summed E-state index contributed by atoms with van der Waals surface area (Å²) in [6.07, 6.45) is 9.44. The number of aromatic amines is 1. The number of carbonyl (C=O) groups is 2. The van der Waals surface area contributed by atoms with E-state index in [1.807, 2.05) is 24.3 Å². The number of likely N-dealkylation sites (tertiary alicyclic amines) is 1. The summed E-state index contributed by atoms with van der Waals surface area (Å²) in [4.78, 5) is 30.1. The predicted octanol–water partition coefficient (Wildman–Crippen LogP) is 4.60. The van der Waals surface area contributed by atoms with Crippen molar-refractivity contribution in [3.63, 3.8) is 0 Å². The summed E-state index contributed by atoms with van der Waals surface area (Å²) in [5, 5.41) is 3.89. The van der Waals surface area contributed by atoms with E-state index in [2.05, 4.69) is 15.2 Å². The van der Waals surface area contributed by atoms with Crippen molar-refractivity contribution in [2.45, 2.75) is 51.9 Å². The molecule has 1 saturated heterocycles. The smallest absolute Gasteiger partial charge is 0.238 e. The molecule has 5 heteroatoms. The number of nitrogens with one attached hydrogen (secondary N) is 2. The average molecular weight is 382 g/mol. The fourth-order valence-electron chi connectivity index (χ4n) is 5.11. The Labute approximate surface area is 166 Å². The molecule has 1 aliphatic heterocycles. The van der Waals surface area contributed by atoms with Gasteiger partial charge in [0.2, 0.25) is 5.91 Å². The number of carbonyl (C=O) groups excluding carboxylic acids is 2. The minimum absolute atomic E-state index is 0.0385. The molecule has 1 aromatic heterocycles. The van der Waals surface area contributed by atoms with Gasteiger partial charge in [0, 0.05) is 17.8 Å². The van der Waals surface area contributed by atoms with Gasteiger partial charge >= 0.3 is 0 Å². The van der Waals surface area contributed by atoms with E-state index in [1.165, 1.54) is 51.9 Å². The molecule has 2 aliphatic rings. The highest BCUT2D eigenvalue weighted by atomic mass is 16.2. The van der Waals surface area contributed by atoms with Gasteiger partial charge in [-0.15, -0.1) is 0 Å². The minimum Gasteiger partial charge on any atom is -0.350 e. The molecule has 0 radical (unpaired) electrons. The number of piperidine rings is 1. The summed E-state index contributed by atoms with van der Waals surface area (Å²) >= 11 is 0. The molecule has 2 fully saturated rings. The monoisotopic (exact) mass is 381 g/mol. The zero-order valence-corrected chi connectivity index (χ0v) is 16.8. The lowest BCUT2D eigenvalue weighted by Gasteiger charge is -2.37. The lowest BCUT2D eigenvalue weighted by Crippen LogP contribution is -2.41. The van der Waals surface area contributed by atoms with E-state index in [-0.39, 0.29) is 11.7 Å². The molecule has 0 spiro atoms. The van der Waals surface area contributed by atoms with Crippen LogP contribution in [0.25, 0.3) is 10.9 Å². The molecular formula is C23H31N3O2. The molecule has 1 saturated carbocycles. The number of nitrogens with zero attached hydrogens (tertiary/aromatic N) is 1. The Kier molecular flexibility index (Phi) is 5.81. The number of rotatable bonds is 5. The standard InChI is InChI=1S/C23H31N3O2/c1-16(27)22-23(19-9-5-6-10-20(19)24-22)25-21(28)15-26-13-11-18(12-14-26)17-7-3-2-4-8-17/h5-6,9-10,17-18,24H,2-4,7-8,11-15H2,1H3,(H,25,28). The van der Waals surface area contributed by atoms with Gasteiger partial charge in [-0.1, -0.05) is 50.3 Å². The molecule has 0 atom stereocenters. The first-order valence-electron chi connectivity index (χ1n) is 10.8. The summed E-state index contributed by atoms with van der Waals surface area (Å²) in [6, 6.07) is 7.70. The molecule has 2 heterocycles. The highest BCUT2D eigenvalue weighted by Gasteiger charge is 2.28. The lowest BCUT2D eigenvalue weighted by atomic mass is 9.76. The number of fused-ring (bicyclic) bond motifs is 1. The predicted molar refractivity (Wildman–Crippen MR) is 113 cm³/mol. The molecule has 1 aromatic carbocycles. The van der Waals surface area contributed by atoms with E-state index in [4.69, 9.17) is 0 Å². The number of anilines is 1. The Hall–Kier alpha value is -2.14. The van der Waals surface area contributed by atoms with Crippen molar-refractivity contribution in [1.29, 1.82) is 0 Å². The highest BCUT2D eigenvalue weighted by Crippen LogP contribution is 2.35. The maximum Gasteiger partial charge on any atom is 0.238 e. The summed E-state index contributed by atoms with van der Waals surface area (Å²) < 4.78 is 0. The maximum absolute atomic E-state index is 12.7. The summed E-state index contributed by atoms with van der Waals surface area (Å²) in [5.41, 5.74) is 1.96. The quantitative estimate of drug-likeness (QED) is 0.744. The number of aromatic nitrogens is 1. The van der Waals surface area contributed by atoms with Crippen LogP contribution in [0, 0.1) is 11.8 Å². The summed E-state index contributed by atoms with van der Waals surface area (Å²) in [7, 11) is 0. The number of hydrogen-bond donors (Lipinski definition) is 2. The average Bonchev–Trinajstić information content (AvgIpc) is 3.08. The van der Waals surface area contributed by atoms with Gasteiger partial charge in [0.25, 0.3) is 0 Å². The third-order valence-electron chi connectivity index (χ3n) is 6.64. The van der Waals surface area contributed by atoms with Crippen molar-refractivity contribution in [3.05, 3.63) is 30.0 Å². The van der Waals surface area contributed by atoms with Gasteiger partial charge in [0.15, 0.2) is 5.78 Å². The van der Waals surface area contributed by atoms with Gasteiger partial charge in [-0.2, -0.15) is 0 Å². The van der Waals surface area contributed by atoms with E-state index in [0.29, 0.717) is 17.9 Å². The van der Waals surface area contributed by atoms with E-state index in [9.17, 15) is 9.59 Å². The first kappa shape index (κ1) is 19.2. The maximum atomic E-state index is 12.7. The molecule has 0 bridgehead atoms. The molecule has 4 rings (SSSR count). The van der Waals surface area contributed by atoms with Crippen molar-refractivity contribution >= 4 is 28.3 Å². The van der Waals surface area contributed by atoms with Gasteiger partial charge in [0.1, 0.15) is 5.69 Å². The molecular weight excluding hydrogens is 350 g/mol. The van der Waals surface area contributed by atoms with Gasteiger partial charge < -0.3 is 10.3 Å². The Morgan fingerprint density at radius 2 is 1.71 bits per heavy atom. The lowest BCUT2D eigenvalue weighted by molar-refractivity contribution is -0.117. The number of Topliss-reactive ketones (excluding diaryl/α,β-unsaturated/α-hetero) is 1. The van der Waals surface area contributed by atoms with Crippen LogP contribution in [0.15, 0.2) is 24.3 Å². The van der Waals surface area contributed by atoms with Crippen molar-refractivity contribution in [3.8, 4) is 0 Å². The molecule has 0 unspecified atom stereocenters. The van der Waals surface area contributed by atoms with Crippen LogP contribution < -0.4 is 5.32 Å². The number of amides is 1. The zero-order chi connectivity index (χ0) is 19.5. The van der Waals surface area contributed by atoms with Crippen molar-refractivity contribution in [1.82, 2.24) is 9.88 Å². The number of para-hydroxylation sites is 1. The molecule has 150 valence electrons. The van der Waals surface area contributed by atoms with Gasteiger partial charge in [-0.05, 0) is 43.8 Å². The molecule has 5 nitrogen and oxygen atoms in total. The van der Waals surface area contributed by atoms with Crippen LogP contribution in [0.3, 0.4) is 0 Å². The molecule has 2 aromatic rings. The first-order valence-corrected chi connectivity index (χ1v) is 10.8. The molecule has 1 aliphatic carbocycles. The SMILES string of the molecule is CC(=O)c1[nH]c2ccccc2c1NC(=O)CN1CCC(C2CCCCC2)CC1. The second-order valence-corrected chi connectivity index (χ2v) is 8.54. The fraction of sp³-hybridized carbons (Fsp3) is 0.565. The van der Waals surface area contributed by atoms with Crippen LogP contribution in [0.5, 0.6) is 0 Å². The van der Waals surface area contributed by atoms with Crippen molar-refractivity contribution in [2.24, 2.45) is 11.8 Å². The van der Waals surface area contributed by atoms with E-state index >= 15 is 0 Å². The van der Waals surface area contributed by atoms with Crippen molar-refractivity contribution in [2.75, 3.05) is 25.0 Å². The fourth-order valence-corrected chi connectivity index (χ4v) is 5.11.